The third-order valence-electron chi connectivity index (χ3n) is 9.44. The van der Waals surface area contributed by atoms with E-state index in [1.165, 1.54) is 4.90 Å². The van der Waals surface area contributed by atoms with Gasteiger partial charge < -0.3 is 35.1 Å². The molecule has 12 heteroatoms. The second-order valence-corrected chi connectivity index (χ2v) is 12.7. The fraction of sp³-hybridized carbons (Fsp3) is 0.559. The van der Waals surface area contributed by atoms with Gasteiger partial charge in [-0.3, -0.25) is 14.5 Å². The summed E-state index contributed by atoms with van der Waals surface area (Å²) in [5.41, 5.74) is 3.06. The normalized spacial score (nSPS) is 24.6. The van der Waals surface area contributed by atoms with Crippen LogP contribution < -0.4 is 15.4 Å². The van der Waals surface area contributed by atoms with E-state index in [0.717, 1.165) is 67.4 Å². The van der Waals surface area contributed by atoms with E-state index in [1.54, 1.807) is 12.0 Å². The number of amides is 3. The van der Waals surface area contributed by atoms with Gasteiger partial charge in [-0.1, -0.05) is 87.4 Å². The highest BCUT2D eigenvalue weighted by Crippen LogP contribution is 2.28. The number of nitrogens with one attached hydrogen (secondary N) is 2. The molecule has 4 atom stereocenters. The Kier molecular flexibility index (Phi) is 12.0. The average molecular weight is 635 g/mol. The number of rotatable bonds is 6. The van der Waals surface area contributed by atoms with E-state index in [0.29, 0.717) is 32.5 Å². The number of carbonyl (C=O) groups is 3. The predicted molar refractivity (Wildman–Crippen MR) is 173 cm³/mol. The van der Waals surface area contributed by atoms with E-state index in [1.807, 2.05) is 48.5 Å². The van der Waals surface area contributed by atoms with Gasteiger partial charge in [-0.15, -0.1) is 0 Å². The average Bonchev–Trinajstić information content (AvgIpc) is 3.69. The van der Waals surface area contributed by atoms with E-state index in [4.69, 9.17) is 9.47 Å². The summed E-state index contributed by atoms with van der Waals surface area (Å²) in [5.74, 6) is -0.857. The summed E-state index contributed by atoms with van der Waals surface area (Å²) in [6.45, 7) is 1.36. The zero-order valence-electron chi connectivity index (χ0n) is 26.7. The summed E-state index contributed by atoms with van der Waals surface area (Å²) in [5, 5.41) is 26.4. The molecule has 0 saturated carbocycles. The highest BCUT2D eigenvalue weighted by molar-refractivity contribution is 6.43. The molecule has 248 valence electrons. The van der Waals surface area contributed by atoms with Gasteiger partial charge in [-0.25, -0.2) is 4.79 Å². The van der Waals surface area contributed by atoms with E-state index in [-0.39, 0.29) is 18.9 Å². The van der Waals surface area contributed by atoms with E-state index < -0.39 is 43.2 Å². The Hall–Kier alpha value is -3.61. The van der Waals surface area contributed by atoms with Crippen LogP contribution in [-0.4, -0.2) is 82.7 Å². The second-order valence-electron chi connectivity index (χ2n) is 12.7. The number of fused-ring (bicyclic) bond motifs is 2. The van der Waals surface area contributed by atoms with Crippen molar-refractivity contribution in [2.75, 3.05) is 13.7 Å². The molecule has 46 heavy (non-hydrogen) atoms. The van der Waals surface area contributed by atoms with Gasteiger partial charge in [0.1, 0.15) is 17.9 Å². The van der Waals surface area contributed by atoms with Crippen LogP contribution in [0.1, 0.15) is 80.9 Å². The van der Waals surface area contributed by atoms with Crippen molar-refractivity contribution in [1.82, 2.24) is 20.4 Å². The van der Waals surface area contributed by atoms with E-state index in [2.05, 4.69) is 10.6 Å². The van der Waals surface area contributed by atoms with Crippen molar-refractivity contribution in [3.05, 3.63) is 65.2 Å². The predicted octanol–water partition coefficient (Wildman–Crippen LogP) is 3.30. The Morgan fingerprint density at radius 1 is 0.935 bits per heavy atom. The van der Waals surface area contributed by atoms with Crippen LogP contribution >= 0.6 is 0 Å². The number of para-hydroxylation sites is 1. The van der Waals surface area contributed by atoms with Gasteiger partial charge in [0.05, 0.1) is 25.6 Å². The molecule has 0 unspecified atom stereocenters. The summed E-state index contributed by atoms with van der Waals surface area (Å²) >= 11 is 0. The van der Waals surface area contributed by atoms with Gasteiger partial charge >= 0.3 is 13.2 Å². The zero-order chi connectivity index (χ0) is 32.5. The molecule has 3 amide bonds. The topological polar surface area (TPSA) is 141 Å². The highest BCUT2D eigenvalue weighted by Gasteiger charge is 2.44. The lowest BCUT2D eigenvalue weighted by Gasteiger charge is -2.30. The minimum absolute atomic E-state index is 0.0721. The van der Waals surface area contributed by atoms with Crippen molar-refractivity contribution in [2.24, 2.45) is 0 Å². The first-order chi connectivity index (χ1) is 22.3. The van der Waals surface area contributed by atoms with Crippen LogP contribution in [0, 0.1) is 0 Å². The smallest absolute Gasteiger partial charge is 0.475 e. The Balaban J connectivity index is 1.34. The molecule has 11 nitrogen and oxygen atoms in total. The molecule has 0 spiro atoms. The van der Waals surface area contributed by atoms with Gasteiger partial charge in [0.15, 0.2) is 0 Å². The van der Waals surface area contributed by atoms with Crippen LogP contribution in [0.5, 0.6) is 5.75 Å². The van der Waals surface area contributed by atoms with Crippen LogP contribution in [0.4, 0.5) is 4.79 Å². The first-order valence-electron chi connectivity index (χ1n) is 16.7. The molecule has 3 heterocycles. The molecule has 0 radical (unpaired) electrons. The molecule has 0 aromatic heterocycles. The molecule has 2 fully saturated rings. The maximum absolute atomic E-state index is 14.3. The molecule has 0 bridgehead atoms. The third kappa shape index (κ3) is 8.60. The highest BCUT2D eigenvalue weighted by atomic mass is 16.6. The maximum Gasteiger partial charge on any atom is 0.475 e. The second kappa shape index (κ2) is 16.3. The van der Waals surface area contributed by atoms with Gasteiger partial charge in [-0.05, 0) is 30.0 Å². The Bertz CT molecular complexity index is 1320. The molecule has 4 N–H and O–H groups in total. The van der Waals surface area contributed by atoms with Gasteiger partial charge in [0, 0.05) is 31.6 Å². The molecule has 0 aliphatic carbocycles. The van der Waals surface area contributed by atoms with Crippen molar-refractivity contribution in [3.8, 4) is 5.75 Å². The number of carbonyl (C=O) groups excluding carboxylic acids is 3. The van der Waals surface area contributed by atoms with Gasteiger partial charge in [0.25, 0.3) is 0 Å². The molecule has 2 saturated heterocycles. The molecular formula is C34H47BN4O7. The lowest BCUT2D eigenvalue weighted by molar-refractivity contribution is -0.140. The fourth-order valence-corrected chi connectivity index (χ4v) is 6.82. The standard InChI is InChI=1S/C34H47BN4O7/c1-45-30-17-12-11-13-24(30)20-36-28-16-7-5-3-2-4-6-8-18-31(35(43)44)37-32(40)29-19-27(23-39(29)33(28)41)46-34(42)38-21-25-14-9-10-15-26(25)22-38/h9-15,17,27-29,31,36,43-44H,2-8,16,18-23H2,1H3,(H,37,40)/t27-,28+,29+,31+/m1/s1. The Morgan fingerprint density at radius 2 is 1.57 bits per heavy atom. The van der Waals surface area contributed by atoms with Crippen molar-refractivity contribution in [2.45, 2.75) is 108 Å². The summed E-state index contributed by atoms with van der Waals surface area (Å²) in [6, 6.07) is 14.0. The van der Waals surface area contributed by atoms with Crippen molar-refractivity contribution >= 4 is 25.0 Å². The first kappa shape index (κ1) is 33.7. The largest absolute Gasteiger partial charge is 0.496 e. The minimum Gasteiger partial charge on any atom is -0.496 e. The van der Waals surface area contributed by atoms with Crippen LogP contribution in [-0.2, 0) is 34.0 Å². The molecule has 2 aromatic rings. The van der Waals surface area contributed by atoms with Crippen molar-refractivity contribution < 1.29 is 33.9 Å². The fourth-order valence-electron chi connectivity index (χ4n) is 6.82. The Labute approximate surface area is 271 Å². The molecule has 5 rings (SSSR count). The van der Waals surface area contributed by atoms with Crippen molar-refractivity contribution in [1.29, 1.82) is 0 Å². The lowest BCUT2D eigenvalue weighted by Crippen LogP contribution is -2.56. The monoisotopic (exact) mass is 634 g/mol. The Morgan fingerprint density at radius 3 is 2.24 bits per heavy atom. The van der Waals surface area contributed by atoms with Crippen molar-refractivity contribution in [3.63, 3.8) is 0 Å². The molecular weight excluding hydrogens is 587 g/mol. The number of hydrogen-bond donors (Lipinski definition) is 4. The van der Waals surface area contributed by atoms with Crippen LogP contribution in [0.3, 0.4) is 0 Å². The molecule has 3 aliphatic heterocycles. The summed E-state index contributed by atoms with van der Waals surface area (Å²) in [6.07, 6.45) is 6.64. The van der Waals surface area contributed by atoms with Crippen LogP contribution in [0.15, 0.2) is 48.5 Å². The lowest BCUT2D eigenvalue weighted by atomic mass is 9.76. The van der Waals surface area contributed by atoms with Crippen LogP contribution in [0.2, 0.25) is 0 Å². The first-order valence-corrected chi connectivity index (χ1v) is 16.7. The quantitative estimate of drug-likeness (QED) is 0.355. The van der Waals surface area contributed by atoms with Gasteiger partial charge in [0.2, 0.25) is 11.8 Å². The summed E-state index contributed by atoms with van der Waals surface area (Å²) in [4.78, 5) is 44.4. The summed E-state index contributed by atoms with van der Waals surface area (Å²) in [7, 11) is -0.114. The maximum atomic E-state index is 14.3. The van der Waals surface area contributed by atoms with Gasteiger partial charge in [-0.2, -0.15) is 0 Å². The van der Waals surface area contributed by atoms with E-state index in [9.17, 15) is 24.4 Å². The third-order valence-corrected chi connectivity index (χ3v) is 9.44. The number of benzene rings is 2. The number of nitrogens with zero attached hydrogens (tertiary/aromatic N) is 2. The number of methoxy groups -OCH3 is 1. The minimum atomic E-state index is -1.73. The molecule has 2 aromatic carbocycles. The zero-order valence-corrected chi connectivity index (χ0v) is 26.7. The SMILES string of the molecule is COc1ccccc1CN[C@H]1CCCCCCCCC[C@@H](B(O)O)NC(=O)[C@@H]2C[C@@H](OC(=O)N3Cc4ccccc4C3)CN2C1=O. The summed E-state index contributed by atoms with van der Waals surface area (Å²) < 4.78 is 11.4. The number of ether oxygens (including phenoxy) is 2. The number of hydrogen-bond acceptors (Lipinski definition) is 8. The molecule has 3 aliphatic rings. The van der Waals surface area contributed by atoms with E-state index >= 15 is 0 Å². The van der Waals surface area contributed by atoms with Crippen LogP contribution in [0.25, 0.3) is 0 Å².